The Morgan fingerprint density at radius 2 is 1.53 bits per heavy atom. The summed E-state index contributed by atoms with van der Waals surface area (Å²) >= 11 is 0. The van der Waals surface area contributed by atoms with Crippen molar-refractivity contribution in [1.29, 1.82) is 0 Å². The van der Waals surface area contributed by atoms with Gasteiger partial charge in [-0.25, -0.2) is 4.79 Å². The van der Waals surface area contributed by atoms with Crippen LogP contribution >= 0.6 is 0 Å². The summed E-state index contributed by atoms with van der Waals surface area (Å²) in [6.45, 7) is 2.02. The van der Waals surface area contributed by atoms with Gasteiger partial charge in [-0.05, 0) is 56.8 Å². The molecular weight excluding hydrogens is 562 g/mol. The lowest BCUT2D eigenvalue weighted by atomic mass is 9.97. The zero-order valence-electron chi connectivity index (χ0n) is 24.4. The quantitative estimate of drug-likeness (QED) is 0.174. The Morgan fingerprint density at radius 3 is 2.21 bits per heavy atom. The van der Waals surface area contributed by atoms with E-state index in [1.165, 1.54) is 6.08 Å². The summed E-state index contributed by atoms with van der Waals surface area (Å²) in [6.07, 6.45) is -10.5. The second kappa shape index (κ2) is 15.2. The van der Waals surface area contributed by atoms with E-state index >= 15 is 0 Å². The summed E-state index contributed by atoms with van der Waals surface area (Å²) in [6, 6.07) is 16.4. The van der Waals surface area contributed by atoms with Crippen LogP contribution in [0.25, 0.3) is 6.08 Å². The Kier molecular flexibility index (Phi) is 11.7. The van der Waals surface area contributed by atoms with E-state index in [2.05, 4.69) is 4.90 Å². The van der Waals surface area contributed by atoms with E-state index < -0.39 is 74.0 Å². The van der Waals surface area contributed by atoms with Gasteiger partial charge in [-0.3, -0.25) is 0 Å². The number of esters is 1. The van der Waals surface area contributed by atoms with Crippen molar-refractivity contribution >= 4 is 12.0 Å². The Bertz CT molecular complexity index is 1180. The second-order valence-corrected chi connectivity index (χ2v) is 11.0. The van der Waals surface area contributed by atoms with Gasteiger partial charge < -0.3 is 54.1 Å². The lowest BCUT2D eigenvalue weighted by molar-refractivity contribution is -0.349. The predicted octanol–water partition coefficient (Wildman–Crippen LogP) is 0.0855. The Morgan fingerprint density at radius 1 is 0.860 bits per heavy atom. The molecule has 10 atom stereocenters. The molecular formula is C31H41NO11. The van der Waals surface area contributed by atoms with Crippen LogP contribution in [0.15, 0.2) is 60.7 Å². The van der Waals surface area contributed by atoms with Crippen LogP contribution < -0.4 is 4.74 Å². The maximum absolute atomic E-state index is 12.2. The standard InChI is InChI=1S/C31H41NO11/c1-18-29(26(36)28(38)30(40-18)41-21-12-9-20(10-13-21)15-16-32(2)3)43-31-27(37)25(35)24(34)22(42-31)17-39-23(33)14-11-19-7-5-4-6-8-19/h4-14,18,22,24-31,34-38H,15-17H2,1-3H3. The third-order valence-corrected chi connectivity index (χ3v) is 7.36. The van der Waals surface area contributed by atoms with Crippen molar-refractivity contribution in [3.8, 4) is 5.75 Å². The first-order chi connectivity index (χ1) is 20.5. The SMILES string of the molecule is CC1OC(Oc2ccc(CCN(C)C)cc2)C(O)C(O)C1OC1OC(COC(=O)C=Cc2ccccc2)C(O)C(O)C1O. The van der Waals surface area contributed by atoms with Crippen molar-refractivity contribution < 1.29 is 54.0 Å². The highest BCUT2D eigenvalue weighted by molar-refractivity contribution is 5.87. The van der Waals surface area contributed by atoms with Crippen molar-refractivity contribution in [2.75, 3.05) is 27.2 Å². The van der Waals surface area contributed by atoms with E-state index in [0.29, 0.717) is 5.75 Å². The maximum atomic E-state index is 12.2. The van der Waals surface area contributed by atoms with Gasteiger partial charge in [-0.1, -0.05) is 42.5 Å². The average molecular weight is 604 g/mol. The van der Waals surface area contributed by atoms with Crippen LogP contribution in [0.1, 0.15) is 18.1 Å². The molecule has 2 aliphatic heterocycles. The number of aliphatic hydroxyl groups excluding tert-OH is 5. The number of carbonyl (C=O) groups excluding carboxylic acids is 1. The zero-order valence-corrected chi connectivity index (χ0v) is 24.4. The molecule has 4 rings (SSSR count). The molecule has 0 radical (unpaired) electrons. The topological polar surface area (TPSA) is 168 Å². The zero-order chi connectivity index (χ0) is 31.1. The molecule has 0 bridgehead atoms. The summed E-state index contributed by atoms with van der Waals surface area (Å²) in [5.41, 5.74) is 1.90. The molecule has 10 unspecified atom stereocenters. The van der Waals surface area contributed by atoms with Crippen molar-refractivity contribution in [3.05, 3.63) is 71.8 Å². The molecule has 2 fully saturated rings. The summed E-state index contributed by atoms with van der Waals surface area (Å²) in [4.78, 5) is 14.3. The number of ether oxygens (including phenoxy) is 5. The van der Waals surface area contributed by atoms with Gasteiger partial charge in [-0.2, -0.15) is 0 Å². The van der Waals surface area contributed by atoms with E-state index in [9.17, 15) is 30.3 Å². The molecule has 12 nitrogen and oxygen atoms in total. The average Bonchev–Trinajstić information content (AvgIpc) is 3.00. The first-order valence-electron chi connectivity index (χ1n) is 14.2. The lowest BCUT2D eigenvalue weighted by Gasteiger charge is -2.45. The molecule has 0 spiro atoms. The molecule has 0 amide bonds. The van der Waals surface area contributed by atoms with E-state index in [-0.39, 0.29) is 0 Å². The normalized spacial score (nSPS) is 33.0. The van der Waals surface area contributed by atoms with Gasteiger partial charge in [0.05, 0.1) is 6.10 Å². The van der Waals surface area contributed by atoms with Crippen molar-refractivity contribution in [2.24, 2.45) is 0 Å². The van der Waals surface area contributed by atoms with Gasteiger partial charge >= 0.3 is 5.97 Å². The molecule has 2 aliphatic rings. The monoisotopic (exact) mass is 603 g/mol. The summed E-state index contributed by atoms with van der Waals surface area (Å²) in [5, 5.41) is 53.0. The summed E-state index contributed by atoms with van der Waals surface area (Å²) < 4.78 is 28.2. The molecule has 2 heterocycles. The largest absolute Gasteiger partial charge is 0.462 e. The number of carbonyl (C=O) groups is 1. The minimum atomic E-state index is -1.71. The fourth-order valence-corrected chi connectivity index (χ4v) is 4.77. The molecule has 0 aromatic heterocycles. The van der Waals surface area contributed by atoms with Crippen LogP contribution in [-0.2, 0) is 30.2 Å². The number of likely N-dealkylation sites (N-methyl/N-ethyl adjacent to an activating group) is 1. The predicted molar refractivity (Wildman–Crippen MR) is 154 cm³/mol. The molecule has 0 aliphatic carbocycles. The number of benzene rings is 2. The third-order valence-electron chi connectivity index (χ3n) is 7.36. The first-order valence-corrected chi connectivity index (χ1v) is 14.2. The van der Waals surface area contributed by atoms with Crippen LogP contribution in [-0.4, -0.2) is 125 Å². The number of hydrogen-bond acceptors (Lipinski definition) is 12. The van der Waals surface area contributed by atoms with Crippen LogP contribution in [0.3, 0.4) is 0 Å². The van der Waals surface area contributed by atoms with E-state index in [4.69, 9.17) is 23.7 Å². The number of hydrogen-bond donors (Lipinski definition) is 5. The highest BCUT2D eigenvalue weighted by Crippen LogP contribution is 2.30. The minimum Gasteiger partial charge on any atom is -0.462 e. The van der Waals surface area contributed by atoms with Gasteiger partial charge in [-0.15, -0.1) is 0 Å². The van der Waals surface area contributed by atoms with Crippen LogP contribution in [0.4, 0.5) is 0 Å². The van der Waals surface area contributed by atoms with Crippen molar-refractivity contribution in [3.63, 3.8) is 0 Å². The number of nitrogens with zero attached hydrogens (tertiary/aromatic N) is 1. The maximum Gasteiger partial charge on any atom is 0.330 e. The van der Waals surface area contributed by atoms with Gasteiger partial charge in [0.1, 0.15) is 55.1 Å². The van der Waals surface area contributed by atoms with Crippen LogP contribution in [0.5, 0.6) is 5.75 Å². The lowest BCUT2D eigenvalue weighted by Crippen LogP contribution is -2.64. The number of rotatable bonds is 11. The molecule has 43 heavy (non-hydrogen) atoms. The fraction of sp³-hybridized carbons (Fsp3) is 0.516. The molecule has 5 N–H and O–H groups in total. The smallest absolute Gasteiger partial charge is 0.330 e. The Labute approximate surface area is 250 Å². The van der Waals surface area contributed by atoms with E-state index in [1.54, 1.807) is 37.3 Å². The van der Waals surface area contributed by atoms with Gasteiger partial charge in [0, 0.05) is 12.6 Å². The van der Waals surface area contributed by atoms with Gasteiger partial charge in [0.25, 0.3) is 0 Å². The fourth-order valence-electron chi connectivity index (χ4n) is 4.77. The molecule has 2 aromatic rings. The van der Waals surface area contributed by atoms with Crippen molar-refractivity contribution in [1.82, 2.24) is 4.90 Å². The Hall–Kier alpha value is -2.91. The van der Waals surface area contributed by atoms with E-state index in [1.807, 2.05) is 44.4 Å². The third kappa shape index (κ3) is 8.82. The molecule has 0 saturated carbocycles. The highest BCUT2D eigenvalue weighted by atomic mass is 16.7. The molecule has 236 valence electrons. The second-order valence-electron chi connectivity index (χ2n) is 11.0. The summed E-state index contributed by atoms with van der Waals surface area (Å²) in [5.74, 6) is -0.268. The highest BCUT2D eigenvalue weighted by Gasteiger charge is 2.50. The Balaban J connectivity index is 1.32. The number of aliphatic hydroxyl groups is 5. The molecule has 12 heteroatoms. The van der Waals surface area contributed by atoms with Gasteiger partial charge in [0.2, 0.25) is 6.29 Å². The molecule has 2 saturated heterocycles. The molecule has 2 aromatic carbocycles. The summed E-state index contributed by atoms with van der Waals surface area (Å²) in [7, 11) is 3.99. The van der Waals surface area contributed by atoms with Gasteiger partial charge in [0.15, 0.2) is 6.29 Å². The first kappa shape index (κ1) is 33.0. The van der Waals surface area contributed by atoms with Crippen LogP contribution in [0.2, 0.25) is 0 Å². The minimum absolute atomic E-state index is 0.440. The van der Waals surface area contributed by atoms with Crippen molar-refractivity contribution in [2.45, 2.75) is 74.8 Å². The van der Waals surface area contributed by atoms with E-state index in [0.717, 1.165) is 24.1 Å². The van der Waals surface area contributed by atoms with Crippen LogP contribution in [0, 0.1) is 0 Å².